The molecule has 0 aliphatic heterocycles. The highest BCUT2D eigenvalue weighted by atomic mass is 16.5. The molecule has 1 aromatic heterocycles. The Morgan fingerprint density at radius 3 is 2.47 bits per heavy atom. The highest BCUT2D eigenvalue weighted by Crippen LogP contribution is 2.10. The van der Waals surface area contributed by atoms with Gasteiger partial charge < -0.3 is 9.15 Å². The number of carbonyl (C=O) groups is 2. The number of furan rings is 1. The van der Waals surface area contributed by atoms with Crippen LogP contribution in [0.5, 0.6) is 0 Å². The summed E-state index contributed by atoms with van der Waals surface area (Å²) in [6.45, 7) is 0. The fraction of sp³-hybridized carbons (Fsp3) is 0.538. The molecule has 0 aliphatic rings. The molecule has 0 fully saturated rings. The molecule has 0 aliphatic carbocycles. The number of ketones is 1. The van der Waals surface area contributed by atoms with Crippen LogP contribution in [0.25, 0.3) is 0 Å². The van der Waals surface area contributed by atoms with Gasteiger partial charge in [-0.3, -0.25) is 9.59 Å². The molecule has 0 N–H and O–H groups in total. The SMILES string of the molecule is COC(=O)CCCCCCC(=O)c1ccco1. The van der Waals surface area contributed by atoms with E-state index in [4.69, 9.17) is 4.42 Å². The van der Waals surface area contributed by atoms with E-state index < -0.39 is 0 Å². The van der Waals surface area contributed by atoms with E-state index in [0.29, 0.717) is 18.6 Å². The van der Waals surface area contributed by atoms with Crippen molar-refractivity contribution in [2.24, 2.45) is 0 Å². The maximum absolute atomic E-state index is 11.5. The lowest BCUT2D eigenvalue weighted by Crippen LogP contribution is -2.00. The smallest absolute Gasteiger partial charge is 0.305 e. The topological polar surface area (TPSA) is 56.5 Å². The fourth-order valence-corrected chi connectivity index (χ4v) is 1.57. The Morgan fingerprint density at radius 2 is 1.88 bits per heavy atom. The summed E-state index contributed by atoms with van der Waals surface area (Å²) in [6, 6.07) is 3.39. The summed E-state index contributed by atoms with van der Waals surface area (Å²) in [5, 5.41) is 0. The van der Waals surface area contributed by atoms with Gasteiger partial charge in [0.05, 0.1) is 13.4 Å². The summed E-state index contributed by atoms with van der Waals surface area (Å²) in [5.41, 5.74) is 0. The van der Waals surface area contributed by atoms with Crippen LogP contribution in [0.3, 0.4) is 0 Å². The zero-order valence-electron chi connectivity index (χ0n) is 10.1. The molecule has 0 atom stereocenters. The average molecular weight is 238 g/mol. The maximum atomic E-state index is 11.5. The third kappa shape index (κ3) is 5.33. The van der Waals surface area contributed by atoms with Crippen molar-refractivity contribution in [3.8, 4) is 0 Å². The van der Waals surface area contributed by atoms with Crippen molar-refractivity contribution in [2.75, 3.05) is 7.11 Å². The van der Waals surface area contributed by atoms with Crippen LogP contribution < -0.4 is 0 Å². The summed E-state index contributed by atoms with van der Waals surface area (Å²) in [7, 11) is 1.39. The van der Waals surface area contributed by atoms with Gasteiger partial charge in [0.2, 0.25) is 0 Å². The number of unbranched alkanes of at least 4 members (excludes halogenated alkanes) is 3. The number of hydrogen-bond acceptors (Lipinski definition) is 4. The molecule has 0 saturated carbocycles. The quantitative estimate of drug-likeness (QED) is 0.397. The predicted octanol–water partition coefficient (Wildman–Crippen LogP) is 2.98. The average Bonchev–Trinajstić information content (AvgIpc) is 2.86. The summed E-state index contributed by atoms with van der Waals surface area (Å²) in [5.74, 6) is 0.305. The van der Waals surface area contributed by atoms with Crippen molar-refractivity contribution in [2.45, 2.75) is 38.5 Å². The normalized spacial score (nSPS) is 10.2. The predicted molar refractivity (Wildman–Crippen MR) is 62.8 cm³/mol. The van der Waals surface area contributed by atoms with Gasteiger partial charge in [0, 0.05) is 12.8 Å². The maximum Gasteiger partial charge on any atom is 0.305 e. The van der Waals surface area contributed by atoms with Crippen molar-refractivity contribution in [1.82, 2.24) is 0 Å². The van der Waals surface area contributed by atoms with Crippen molar-refractivity contribution in [3.63, 3.8) is 0 Å². The van der Waals surface area contributed by atoms with Gasteiger partial charge in [0.25, 0.3) is 0 Å². The first kappa shape index (κ1) is 13.5. The first-order chi connectivity index (χ1) is 8.24. The highest BCUT2D eigenvalue weighted by molar-refractivity contribution is 5.93. The molecule has 94 valence electrons. The molecule has 0 bridgehead atoms. The number of Topliss-reactive ketones (excluding diaryl/α,β-unsaturated/α-hetero) is 1. The van der Waals surface area contributed by atoms with Crippen molar-refractivity contribution < 1.29 is 18.7 Å². The zero-order chi connectivity index (χ0) is 12.5. The van der Waals surface area contributed by atoms with Crippen LogP contribution >= 0.6 is 0 Å². The lowest BCUT2D eigenvalue weighted by atomic mass is 10.1. The number of methoxy groups -OCH3 is 1. The van der Waals surface area contributed by atoms with Crippen LogP contribution in [0.15, 0.2) is 22.8 Å². The van der Waals surface area contributed by atoms with Gasteiger partial charge in [-0.2, -0.15) is 0 Å². The molecule has 1 aromatic rings. The second kappa shape index (κ2) is 7.65. The minimum Gasteiger partial charge on any atom is -0.469 e. The van der Waals surface area contributed by atoms with Gasteiger partial charge in [0.1, 0.15) is 0 Å². The monoisotopic (exact) mass is 238 g/mol. The van der Waals surface area contributed by atoms with E-state index in [9.17, 15) is 9.59 Å². The molecule has 0 radical (unpaired) electrons. The Morgan fingerprint density at radius 1 is 1.18 bits per heavy atom. The van der Waals surface area contributed by atoms with Crippen LogP contribution in [0, 0.1) is 0 Å². The van der Waals surface area contributed by atoms with E-state index in [2.05, 4.69) is 4.74 Å². The van der Waals surface area contributed by atoms with Crippen molar-refractivity contribution in [1.29, 1.82) is 0 Å². The molecule has 4 heteroatoms. The van der Waals surface area contributed by atoms with E-state index in [1.807, 2.05) is 0 Å². The highest BCUT2D eigenvalue weighted by Gasteiger charge is 2.07. The van der Waals surface area contributed by atoms with Crippen LogP contribution in [-0.4, -0.2) is 18.9 Å². The second-order valence-corrected chi connectivity index (χ2v) is 3.89. The minimum absolute atomic E-state index is 0.0444. The van der Waals surface area contributed by atoms with E-state index >= 15 is 0 Å². The van der Waals surface area contributed by atoms with Crippen molar-refractivity contribution in [3.05, 3.63) is 24.2 Å². The Labute approximate surface area is 101 Å². The summed E-state index contributed by atoms with van der Waals surface area (Å²) >= 11 is 0. The summed E-state index contributed by atoms with van der Waals surface area (Å²) in [6.07, 6.45) is 6.02. The molecular formula is C13H18O4. The molecule has 0 spiro atoms. The molecule has 0 aromatic carbocycles. The third-order valence-corrected chi connectivity index (χ3v) is 2.56. The standard InChI is InChI=1S/C13H18O4/c1-16-13(15)9-5-3-2-4-7-11(14)12-8-6-10-17-12/h6,8,10H,2-5,7,9H2,1H3. The Kier molecular flexibility index (Phi) is 6.07. The van der Waals surface area contributed by atoms with Crippen LogP contribution in [0.4, 0.5) is 0 Å². The number of hydrogen-bond donors (Lipinski definition) is 0. The second-order valence-electron chi connectivity index (χ2n) is 3.89. The van der Waals surface area contributed by atoms with Crippen LogP contribution in [0.1, 0.15) is 49.1 Å². The Balaban J connectivity index is 2.01. The largest absolute Gasteiger partial charge is 0.469 e. The van der Waals surface area contributed by atoms with Gasteiger partial charge in [-0.15, -0.1) is 0 Å². The molecule has 1 heterocycles. The first-order valence-corrected chi connectivity index (χ1v) is 5.87. The lowest BCUT2D eigenvalue weighted by Gasteiger charge is -2.00. The zero-order valence-corrected chi connectivity index (χ0v) is 10.1. The van der Waals surface area contributed by atoms with E-state index in [-0.39, 0.29) is 11.8 Å². The van der Waals surface area contributed by atoms with Gasteiger partial charge in [-0.1, -0.05) is 12.8 Å². The molecule has 17 heavy (non-hydrogen) atoms. The number of ether oxygens (including phenoxy) is 1. The Hall–Kier alpha value is -1.58. The van der Waals surface area contributed by atoms with Gasteiger partial charge >= 0.3 is 5.97 Å². The fourth-order valence-electron chi connectivity index (χ4n) is 1.57. The third-order valence-electron chi connectivity index (χ3n) is 2.56. The van der Waals surface area contributed by atoms with Gasteiger partial charge in [-0.25, -0.2) is 0 Å². The van der Waals surface area contributed by atoms with Gasteiger partial charge in [-0.05, 0) is 25.0 Å². The Bertz CT molecular complexity index is 340. The van der Waals surface area contributed by atoms with E-state index in [1.54, 1.807) is 12.1 Å². The van der Waals surface area contributed by atoms with Crippen molar-refractivity contribution >= 4 is 11.8 Å². The van der Waals surface area contributed by atoms with Gasteiger partial charge in [0.15, 0.2) is 11.5 Å². The first-order valence-electron chi connectivity index (χ1n) is 5.87. The molecular weight excluding hydrogens is 220 g/mol. The summed E-state index contributed by atoms with van der Waals surface area (Å²) in [4.78, 5) is 22.3. The van der Waals surface area contributed by atoms with Crippen LogP contribution in [-0.2, 0) is 9.53 Å². The van der Waals surface area contributed by atoms with E-state index in [1.165, 1.54) is 13.4 Å². The summed E-state index contributed by atoms with van der Waals surface area (Å²) < 4.78 is 9.55. The minimum atomic E-state index is -0.170. The number of esters is 1. The molecule has 1 rings (SSSR count). The van der Waals surface area contributed by atoms with Crippen LogP contribution in [0.2, 0.25) is 0 Å². The lowest BCUT2D eigenvalue weighted by molar-refractivity contribution is -0.140. The molecule has 0 saturated heterocycles. The van der Waals surface area contributed by atoms with E-state index in [0.717, 1.165) is 25.7 Å². The molecule has 0 amide bonds. The number of carbonyl (C=O) groups excluding carboxylic acids is 2. The number of rotatable bonds is 8. The molecule has 0 unspecified atom stereocenters. The molecule has 4 nitrogen and oxygen atoms in total.